The van der Waals surface area contributed by atoms with Gasteiger partial charge in [-0.2, -0.15) is 0 Å². The lowest BCUT2D eigenvalue weighted by Gasteiger charge is -2.34. The molecular weight excluding hydrogens is 329 g/mol. The molecule has 1 aromatic rings. The van der Waals surface area contributed by atoms with Crippen molar-refractivity contribution in [1.29, 1.82) is 0 Å². The number of hydrogen-bond acceptors (Lipinski definition) is 2. The van der Waals surface area contributed by atoms with E-state index in [2.05, 4.69) is 41.8 Å². The predicted molar refractivity (Wildman–Crippen MR) is 76.2 cm³/mol. The van der Waals surface area contributed by atoms with E-state index < -0.39 is 0 Å². The van der Waals surface area contributed by atoms with E-state index in [-0.39, 0.29) is 11.9 Å². The minimum atomic E-state index is 0.156. The van der Waals surface area contributed by atoms with Crippen LogP contribution in [0.5, 0.6) is 0 Å². The van der Waals surface area contributed by atoms with E-state index in [1.807, 2.05) is 21.7 Å². The maximum Gasteiger partial charge on any atom is 0.270 e. The quantitative estimate of drug-likeness (QED) is 0.825. The van der Waals surface area contributed by atoms with Gasteiger partial charge in [0, 0.05) is 42.0 Å². The summed E-state index contributed by atoms with van der Waals surface area (Å²) in [5, 5.41) is 3.30. The fourth-order valence-electron chi connectivity index (χ4n) is 2.21. The molecule has 0 bridgehead atoms. The highest BCUT2D eigenvalue weighted by Gasteiger charge is 2.26. The number of halogens is 1. The van der Waals surface area contributed by atoms with E-state index in [1.165, 1.54) is 0 Å². The number of nitrogens with zero attached hydrogens (tertiary/aromatic N) is 2. The van der Waals surface area contributed by atoms with Crippen LogP contribution in [0.15, 0.2) is 12.3 Å². The predicted octanol–water partition coefficient (Wildman–Crippen LogP) is 1.55. The largest absolute Gasteiger partial charge is 0.343 e. The molecule has 0 aromatic carbocycles. The van der Waals surface area contributed by atoms with Gasteiger partial charge in [0.05, 0.1) is 0 Å². The Labute approximate surface area is 115 Å². The first-order valence-corrected chi connectivity index (χ1v) is 7.08. The number of nitrogens with one attached hydrogen (secondary N) is 1. The zero-order valence-corrected chi connectivity index (χ0v) is 12.4. The molecule has 1 unspecified atom stereocenters. The minimum Gasteiger partial charge on any atom is -0.343 e. The summed E-state index contributed by atoms with van der Waals surface area (Å²) < 4.78 is 3.15. The summed E-state index contributed by atoms with van der Waals surface area (Å²) >= 11 is 2.26. The third kappa shape index (κ3) is 2.65. The standard InChI is InChI=1S/C12H18IN3O/c1-3-15-8-10(13)6-11(15)12(17)16-5-4-14-7-9(16)2/h6,8-9,14H,3-5,7H2,1-2H3. The summed E-state index contributed by atoms with van der Waals surface area (Å²) in [7, 11) is 0. The summed E-state index contributed by atoms with van der Waals surface area (Å²) in [6, 6.07) is 2.25. The van der Waals surface area contributed by atoms with Crippen LogP contribution in [0, 0.1) is 3.57 Å². The third-order valence-electron chi connectivity index (χ3n) is 3.19. The topological polar surface area (TPSA) is 37.3 Å². The average molecular weight is 347 g/mol. The third-order valence-corrected chi connectivity index (χ3v) is 3.78. The first-order valence-electron chi connectivity index (χ1n) is 6.01. The Morgan fingerprint density at radius 3 is 3.06 bits per heavy atom. The number of rotatable bonds is 2. The van der Waals surface area contributed by atoms with Gasteiger partial charge in [-0.05, 0) is 42.5 Å². The molecule has 2 rings (SSSR count). The smallest absolute Gasteiger partial charge is 0.270 e. The summed E-state index contributed by atoms with van der Waals surface area (Å²) in [6.45, 7) is 7.56. The van der Waals surface area contributed by atoms with Gasteiger partial charge in [0.25, 0.3) is 5.91 Å². The Balaban J connectivity index is 2.23. The maximum absolute atomic E-state index is 12.5. The monoisotopic (exact) mass is 347 g/mol. The van der Waals surface area contributed by atoms with Crippen molar-refractivity contribution in [2.24, 2.45) is 0 Å². The molecule has 1 N–H and O–H groups in total. The van der Waals surface area contributed by atoms with Crippen molar-refractivity contribution in [3.63, 3.8) is 0 Å². The highest BCUT2D eigenvalue weighted by Crippen LogP contribution is 2.15. The maximum atomic E-state index is 12.5. The molecule has 1 amide bonds. The van der Waals surface area contributed by atoms with Crippen LogP contribution in [-0.2, 0) is 6.54 Å². The molecule has 5 heteroatoms. The number of aryl methyl sites for hydroxylation is 1. The highest BCUT2D eigenvalue weighted by atomic mass is 127. The van der Waals surface area contributed by atoms with Crippen molar-refractivity contribution in [3.05, 3.63) is 21.5 Å². The Bertz CT molecular complexity index is 416. The molecule has 1 aromatic heterocycles. The van der Waals surface area contributed by atoms with Crippen LogP contribution in [0.25, 0.3) is 0 Å². The van der Waals surface area contributed by atoms with E-state index >= 15 is 0 Å². The SMILES string of the molecule is CCn1cc(I)cc1C(=O)N1CCNCC1C. The molecule has 0 saturated carbocycles. The number of hydrogen-bond donors (Lipinski definition) is 1. The van der Waals surface area contributed by atoms with Gasteiger partial charge < -0.3 is 14.8 Å². The first-order chi connectivity index (χ1) is 8.13. The van der Waals surface area contributed by atoms with Gasteiger partial charge in [-0.25, -0.2) is 0 Å². The number of amides is 1. The lowest BCUT2D eigenvalue weighted by Crippen LogP contribution is -2.52. The van der Waals surface area contributed by atoms with Crippen molar-refractivity contribution in [2.75, 3.05) is 19.6 Å². The zero-order chi connectivity index (χ0) is 12.4. The molecule has 94 valence electrons. The Hall–Kier alpha value is -0.560. The van der Waals surface area contributed by atoms with Gasteiger partial charge in [0.2, 0.25) is 0 Å². The van der Waals surface area contributed by atoms with E-state index in [9.17, 15) is 4.79 Å². The zero-order valence-electron chi connectivity index (χ0n) is 10.2. The summed E-state index contributed by atoms with van der Waals surface area (Å²) in [6.07, 6.45) is 2.03. The molecule has 1 saturated heterocycles. The second kappa shape index (κ2) is 5.39. The molecule has 1 fully saturated rings. The first kappa shape index (κ1) is 12.9. The average Bonchev–Trinajstić information content (AvgIpc) is 2.70. The highest BCUT2D eigenvalue weighted by molar-refractivity contribution is 14.1. The lowest BCUT2D eigenvalue weighted by atomic mass is 10.2. The van der Waals surface area contributed by atoms with Crippen molar-refractivity contribution in [3.8, 4) is 0 Å². The Morgan fingerprint density at radius 1 is 1.65 bits per heavy atom. The van der Waals surface area contributed by atoms with Crippen LogP contribution < -0.4 is 5.32 Å². The molecular formula is C12H18IN3O. The molecule has 1 aliphatic heterocycles. The van der Waals surface area contributed by atoms with Crippen molar-refractivity contribution in [1.82, 2.24) is 14.8 Å². The molecule has 17 heavy (non-hydrogen) atoms. The molecule has 0 spiro atoms. The number of aromatic nitrogens is 1. The van der Waals surface area contributed by atoms with Gasteiger partial charge in [0.15, 0.2) is 0 Å². The summed E-state index contributed by atoms with van der Waals surface area (Å²) in [4.78, 5) is 14.4. The van der Waals surface area contributed by atoms with Crippen molar-refractivity contribution in [2.45, 2.75) is 26.4 Å². The van der Waals surface area contributed by atoms with Gasteiger partial charge in [0.1, 0.15) is 5.69 Å². The molecule has 1 atom stereocenters. The van der Waals surface area contributed by atoms with Crippen LogP contribution in [0.2, 0.25) is 0 Å². The summed E-state index contributed by atoms with van der Waals surface area (Å²) in [5.74, 6) is 0.156. The van der Waals surface area contributed by atoms with E-state index in [4.69, 9.17) is 0 Å². The van der Waals surface area contributed by atoms with E-state index in [1.54, 1.807) is 0 Å². The minimum absolute atomic E-state index is 0.156. The molecule has 4 nitrogen and oxygen atoms in total. The van der Waals surface area contributed by atoms with Gasteiger partial charge >= 0.3 is 0 Å². The Kier molecular flexibility index (Phi) is 4.09. The second-order valence-corrected chi connectivity index (χ2v) is 5.63. The number of carbonyl (C=O) groups excluding carboxylic acids is 1. The second-order valence-electron chi connectivity index (χ2n) is 4.38. The van der Waals surface area contributed by atoms with Crippen LogP contribution in [0.1, 0.15) is 24.3 Å². The lowest BCUT2D eigenvalue weighted by molar-refractivity contribution is 0.0645. The van der Waals surface area contributed by atoms with Crippen molar-refractivity contribution < 1.29 is 4.79 Å². The molecule has 2 heterocycles. The molecule has 0 aliphatic carbocycles. The normalized spacial score (nSPS) is 20.6. The van der Waals surface area contributed by atoms with Crippen LogP contribution in [0.4, 0.5) is 0 Å². The Morgan fingerprint density at radius 2 is 2.41 bits per heavy atom. The van der Waals surface area contributed by atoms with Crippen LogP contribution >= 0.6 is 22.6 Å². The molecule has 1 aliphatic rings. The molecule has 0 radical (unpaired) electrons. The summed E-state index contributed by atoms with van der Waals surface area (Å²) in [5.41, 5.74) is 0.811. The van der Waals surface area contributed by atoms with Gasteiger partial charge in [-0.3, -0.25) is 4.79 Å². The van der Waals surface area contributed by atoms with Crippen LogP contribution in [0.3, 0.4) is 0 Å². The number of piperazine rings is 1. The van der Waals surface area contributed by atoms with Crippen molar-refractivity contribution >= 4 is 28.5 Å². The number of carbonyl (C=O) groups is 1. The van der Waals surface area contributed by atoms with Gasteiger partial charge in [-0.15, -0.1) is 0 Å². The van der Waals surface area contributed by atoms with Crippen LogP contribution in [-0.4, -0.2) is 41.1 Å². The van der Waals surface area contributed by atoms with E-state index in [0.29, 0.717) is 0 Å². The fourth-order valence-corrected chi connectivity index (χ4v) is 2.84. The fraction of sp³-hybridized carbons (Fsp3) is 0.583. The van der Waals surface area contributed by atoms with Gasteiger partial charge in [-0.1, -0.05) is 0 Å². The van der Waals surface area contributed by atoms with E-state index in [0.717, 1.165) is 35.4 Å².